The molecule has 3 heterocycles. The van der Waals surface area contributed by atoms with Crippen LogP contribution >= 0.6 is 0 Å². The van der Waals surface area contributed by atoms with Crippen molar-refractivity contribution in [2.45, 2.75) is 32.1 Å². The van der Waals surface area contributed by atoms with Gasteiger partial charge in [-0.25, -0.2) is 9.36 Å². The van der Waals surface area contributed by atoms with Gasteiger partial charge in [-0.2, -0.15) is 4.98 Å². The number of H-pyrrole nitrogens is 1. The third kappa shape index (κ3) is 2.33. The van der Waals surface area contributed by atoms with Crippen molar-refractivity contribution in [1.29, 1.82) is 0 Å². The van der Waals surface area contributed by atoms with Crippen molar-refractivity contribution in [1.82, 2.24) is 19.1 Å². The molecule has 1 saturated heterocycles. The molecule has 5 N–H and O–H groups in total. The van der Waals surface area contributed by atoms with E-state index in [1.165, 1.54) is 7.11 Å². The maximum atomic E-state index is 12.7. The molecule has 0 aromatic carbocycles. The lowest BCUT2D eigenvalue weighted by atomic mass is 10.0. The molecule has 0 amide bonds. The summed E-state index contributed by atoms with van der Waals surface area (Å²) >= 11 is 0. The smallest absolute Gasteiger partial charge is 0.334 e. The second kappa shape index (κ2) is 6.02. The van der Waals surface area contributed by atoms with Gasteiger partial charge in [-0.3, -0.25) is 14.3 Å². The lowest BCUT2D eigenvalue weighted by Crippen LogP contribution is -2.33. The molecule has 0 spiro atoms. The van der Waals surface area contributed by atoms with Gasteiger partial charge in [-0.15, -0.1) is 0 Å². The van der Waals surface area contributed by atoms with E-state index in [0.29, 0.717) is 0 Å². The lowest BCUT2D eigenvalue weighted by Gasteiger charge is -2.16. The predicted molar refractivity (Wildman–Crippen MR) is 82.2 cm³/mol. The zero-order chi connectivity index (χ0) is 17.6. The van der Waals surface area contributed by atoms with Gasteiger partial charge >= 0.3 is 5.69 Å². The lowest BCUT2D eigenvalue weighted by molar-refractivity contribution is -0.0514. The van der Waals surface area contributed by atoms with E-state index in [2.05, 4.69) is 9.97 Å². The first kappa shape index (κ1) is 16.6. The largest absolute Gasteiger partial charge is 0.394 e. The van der Waals surface area contributed by atoms with Crippen molar-refractivity contribution in [2.24, 2.45) is 5.92 Å². The van der Waals surface area contributed by atoms with Crippen LogP contribution in [0, 0.1) is 5.92 Å². The van der Waals surface area contributed by atoms with Crippen LogP contribution in [0.3, 0.4) is 0 Å². The van der Waals surface area contributed by atoms with E-state index >= 15 is 0 Å². The van der Waals surface area contributed by atoms with Gasteiger partial charge in [0.1, 0.15) is 12.8 Å². The minimum atomic E-state index is -1.10. The highest BCUT2D eigenvalue weighted by Gasteiger charge is 2.43. The fourth-order valence-corrected chi connectivity index (χ4v) is 2.96. The highest BCUT2D eigenvalue weighted by molar-refractivity contribution is 5.71. The van der Waals surface area contributed by atoms with E-state index in [9.17, 15) is 19.8 Å². The number of aliphatic hydroxyl groups is 2. The standard InChI is InChI=1S/C13H19N5O6/c1-5-6(3-19)24-11(8(5)20)18-9-7(10(21)16-12(14)15-9)17(4-23-2)13(18)22/h5-6,8,11,19-20H,3-4H2,1-2H3,(H3,14,15,16,21). The normalized spacial score (nSPS) is 27.2. The van der Waals surface area contributed by atoms with Crippen LogP contribution in [0.5, 0.6) is 0 Å². The zero-order valence-electron chi connectivity index (χ0n) is 13.2. The summed E-state index contributed by atoms with van der Waals surface area (Å²) in [4.78, 5) is 31.3. The highest BCUT2D eigenvalue weighted by Crippen LogP contribution is 2.34. The Morgan fingerprint density at radius 3 is 2.75 bits per heavy atom. The van der Waals surface area contributed by atoms with Gasteiger partial charge in [0, 0.05) is 13.0 Å². The predicted octanol–water partition coefficient (Wildman–Crippen LogP) is -2.04. The molecule has 11 heteroatoms. The average molecular weight is 341 g/mol. The van der Waals surface area contributed by atoms with Crippen LogP contribution in [0.15, 0.2) is 9.59 Å². The zero-order valence-corrected chi connectivity index (χ0v) is 13.2. The number of imidazole rings is 1. The molecule has 0 saturated carbocycles. The molecule has 3 rings (SSSR count). The summed E-state index contributed by atoms with van der Waals surface area (Å²) in [7, 11) is 1.37. The Balaban J connectivity index is 2.27. The highest BCUT2D eigenvalue weighted by atomic mass is 16.5. The molecule has 0 aliphatic carbocycles. The van der Waals surface area contributed by atoms with Crippen LogP contribution in [0.25, 0.3) is 11.2 Å². The average Bonchev–Trinajstić information content (AvgIpc) is 2.96. The first-order valence-electron chi connectivity index (χ1n) is 7.34. The van der Waals surface area contributed by atoms with Gasteiger partial charge in [0.15, 0.2) is 17.4 Å². The van der Waals surface area contributed by atoms with E-state index < -0.39 is 35.6 Å². The first-order chi connectivity index (χ1) is 11.4. The van der Waals surface area contributed by atoms with Crippen LogP contribution in [0.4, 0.5) is 5.95 Å². The molecule has 1 aliphatic rings. The summed E-state index contributed by atoms with van der Waals surface area (Å²) < 4.78 is 12.7. The fraction of sp³-hybridized carbons (Fsp3) is 0.615. The van der Waals surface area contributed by atoms with Crippen molar-refractivity contribution in [2.75, 3.05) is 19.5 Å². The fourth-order valence-electron chi connectivity index (χ4n) is 2.96. The van der Waals surface area contributed by atoms with Crippen LogP contribution in [-0.4, -0.2) is 55.2 Å². The Morgan fingerprint density at radius 1 is 1.46 bits per heavy atom. The third-order valence-corrected chi connectivity index (χ3v) is 4.25. The molecule has 1 aliphatic heterocycles. The van der Waals surface area contributed by atoms with Crippen LogP contribution in [-0.2, 0) is 16.2 Å². The molecule has 2 aromatic heterocycles. The Morgan fingerprint density at radius 2 is 2.17 bits per heavy atom. The van der Waals surface area contributed by atoms with Gasteiger partial charge in [-0.05, 0) is 0 Å². The molecule has 4 unspecified atom stereocenters. The van der Waals surface area contributed by atoms with Crippen molar-refractivity contribution >= 4 is 17.1 Å². The van der Waals surface area contributed by atoms with Crippen molar-refractivity contribution in [3.8, 4) is 0 Å². The molecule has 0 bridgehead atoms. The monoisotopic (exact) mass is 341 g/mol. The summed E-state index contributed by atoms with van der Waals surface area (Å²) in [6, 6.07) is 0. The van der Waals surface area contributed by atoms with Gasteiger partial charge in [-0.1, -0.05) is 6.92 Å². The quantitative estimate of drug-likeness (QED) is 0.495. The number of aromatic nitrogens is 4. The van der Waals surface area contributed by atoms with E-state index in [0.717, 1.165) is 9.13 Å². The summed E-state index contributed by atoms with van der Waals surface area (Å²) in [5.74, 6) is -0.581. The number of nitrogens with one attached hydrogen (secondary N) is 1. The van der Waals surface area contributed by atoms with Crippen LogP contribution < -0.4 is 17.0 Å². The molecule has 4 atom stereocenters. The summed E-state index contributed by atoms with van der Waals surface area (Å²) in [5, 5.41) is 19.7. The van der Waals surface area contributed by atoms with Crippen molar-refractivity contribution in [3.63, 3.8) is 0 Å². The molecule has 132 valence electrons. The third-order valence-electron chi connectivity index (χ3n) is 4.25. The summed E-state index contributed by atoms with van der Waals surface area (Å²) in [6.45, 7) is 1.20. The number of hydrogen-bond donors (Lipinski definition) is 4. The van der Waals surface area contributed by atoms with E-state index in [4.69, 9.17) is 15.2 Å². The van der Waals surface area contributed by atoms with Crippen molar-refractivity contribution < 1.29 is 19.7 Å². The molecular formula is C13H19N5O6. The number of aromatic amines is 1. The number of fused-ring (bicyclic) bond motifs is 1. The topological polar surface area (TPSA) is 158 Å². The van der Waals surface area contributed by atoms with Crippen LogP contribution in [0.1, 0.15) is 13.2 Å². The van der Waals surface area contributed by atoms with Crippen LogP contribution in [0.2, 0.25) is 0 Å². The van der Waals surface area contributed by atoms with Gasteiger partial charge in [0.05, 0.1) is 12.7 Å². The number of anilines is 1. The van der Waals surface area contributed by atoms with Gasteiger partial charge in [0.25, 0.3) is 5.56 Å². The number of nitrogen functional groups attached to an aromatic ring is 1. The van der Waals surface area contributed by atoms with E-state index in [1.807, 2.05) is 0 Å². The van der Waals surface area contributed by atoms with E-state index in [1.54, 1.807) is 6.92 Å². The molecule has 2 aromatic rings. The first-order valence-corrected chi connectivity index (χ1v) is 7.34. The number of nitrogens with two attached hydrogens (primary N) is 1. The maximum absolute atomic E-state index is 12.7. The second-order valence-electron chi connectivity index (χ2n) is 5.72. The Hall–Kier alpha value is -2.21. The molecular weight excluding hydrogens is 322 g/mol. The van der Waals surface area contributed by atoms with Gasteiger partial charge in [0.2, 0.25) is 5.95 Å². The Kier molecular flexibility index (Phi) is 4.17. The summed E-state index contributed by atoms with van der Waals surface area (Å²) in [5.41, 5.74) is 4.28. The molecule has 1 fully saturated rings. The summed E-state index contributed by atoms with van der Waals surface area (Å²) in [6.07, 6.45) is -2.81. The van der Waals surface area contributed by atoms with E-state index in [-0.39, 0.29) is 30.4 Å². The number of aliphatic hydroxyl groups excluding tert-OH is 2. The minimum Gasteiger partial charge on any atom is -0.394 e. The molecule has 0 radical (unpaired) electrons. The number of methoxy groups -OCH3 is 1. The molecule has 11 nitrogen and oxygen atoms in total. The Bertz CT molecular complexity index is 870. The minimum absolute atomic E-state index is 0.0202. The number of ether oxygens (including phenoxy) is 2. The Labute approximate surface area is 135 Å². The van der Waals surface area contributed by atoms with Gasteiger partial charge < -0.3 is 25.4 Å². The SMILES string of the molecule is COCn1c(=O)n(C2OC(CO)C(C)C2O)c2nc(N)[nH]c(=O)c21. The number of rotatable bonds is 4. The number of nitrogens with zero attached hydrogens (tertiary/aromatic N) is 3. The number of hydrogen-bond acceptors (Lipinski definition) is 8. The van der Waals surface area contributed by atoms with Crippen molar-refractivity contribution in [3.05, 3.63) is 20.8 Å². The molecule has 24 heavy (non-hydrogen) atoms. The maximum Gasteiger partial charge on any atom is 0.334 e. The second-order valence-corrected chi connectivity index (χ2v) is 5.72.